The molecule has 0 aromatic heterocycles. The van der Waals surface area contributed by atoms with Gasteiger partial charge in [-0.2, -0.15) is 0 Å². The average Bonchev–Trinajstić information content (AvgIpc) is 2.16. The van der Waals surface area contributed by atoms with Crippen molar-refractivity contribution < 1.29 is 13.9 Å². The molecule has 14 heavy (non-hydrogen) atoms. The van der Waals surface area contributed by atoms with Gasteiger partial charge in [-0.25, -0.2) is 0 Å². The molecular weight excluding hydrogens is 188 g/mol. The standard InChI is InChI=1S/C10H21NO.F2/c1-9-5-6-11(3)7-10(9,2)8-12-4;1-2/h9H,5-8H2,1-4H3;/t9-,10-;/m1./s1. The second kappa shape index (κ2) is 6.30. The summed E-state index contributed by atoms with van der Waals surface area (Å²) in [7, 11) is 3.99. The van der Waals surface area contributed by atoms with Gasteiger partial charge in [0.05, 0.1) is 6.61 Å². The van der Waals surface area contributed by atoms with Crippen molar-refractivity contribution in [3.8, 4) is 0 Å². The topological polar surface area (TPSA) is 12.5 Å². The fourth-order valence-electron chi connectivity index (χ4n) is 2.13. The summed E-state index contributed by atoms with van der Waals surface area (Å²) in [4.78, 5) is 2.40. The number of hydrogen-bond acceptors (Lipinski definition) is 2. The average molecular weight is 209 g/mol. The first kappa shape index (κ1) is 13.8. The molecule has 0 aromatic rings. The molecule has 0 N–H and O–H groups in total. The molecular formula is C10H21F2NO. The minimum Gasteiger partial charge on any atom is -0.384 e. The highest BCUT2D eigenvalue weighted by atomic mass is 20.0. The van der Waals surface area contributed by atoms with E-state index < -0.39 is 0 Å². The van der Waals surface area contributed by atoms with E-state index in [4.69, 9.17) is 13.9 Å². The predicted molar refractivity (Wildman–Crippen MR) is 53.5 cm³/mol. The third-order valence-corrected chi connectivity index (χ3v) is 3.24. The van der Waals surface area contributed by atoms with Gasteiger partial charge in [0.25, 0.3) is 0 Å². The van der Waals surface area contributed by atoms with Crippen LogP contribution in [0.15, 0.2) is 0 Å². The van der Waals surface area contributed by atoms with Crippen molar-refractivity contribution >= 4 is 0 Å². The lowest BCUT2D eigenvalue weighted by atomic mass is 9.74. The van der Waals surface area contributed by atoms with Crippen LogP contribution in [0.5, 0.6) is 0 Å². The van der Waals surface area contributed by atoms with Crippen LogP contribution in [0, 0.1) is 11.3 Å². The molecule has 0 saturated carbocycles. The minimum absolute atomic E-state index is 0.363. The number of rotatable bonds is 2. The van der Waals surface area contributed by atoms with Crippen molar-refractivity contribution in [3.63, 3.8) is 0 Å². The predicted octanol–water partition coefficient (Wildman–Crippen LogP) is 2.45. The van der Waals surface area contributed by atoms with Crippen molar-refractivity contribution in [1.82, 2.24) is 4.90 Å². The first-order valence-corrected chi connectivity index (χ1v) is 4.90. The monoisotopic (exact) mass is 209 g/mol. The summed E-state index contributed by atoms with van der Waals surface area (Å²) >= 11 is 0. The van der Waals surface area contributed by atoms with Crippen LogP contribution in [-0.4, -0.2) is 38.8 Å². The molecule has 2 atom stereocenters. The molecule has 0 unspecified atom stereocenters. The number of likely N-dealkylation sites (tertiary alicyclic amines) is 1. The van der Waals surface area contributed by atoms with Gasteiger partial charge in [-0.3, -0.25) is 0 Å². The second-order valence-electron chi connectivity index (χ2n) is 4.51. The third kappa shape index (κ3) is 3.50. The van der Waals surface area contributed by atoms with E-state index in [0.717, 1.165) is 12.5 Å². The Kier molecular flexibility index (Phi) is 6.20. The zero-order valence-electron chi connectivity index (χ0n) is 9.52. The molecule has 1 aliphatic rings. The van der Waals surface area contributed by atoms with Crippen LogP contribution in [0.25, 0.3) is 0 Å². The summed E-state index contributed by atoms with van der Waals surface area (Å²) in [6, 6.07) is 0. The summed E-state index contributed by atoms with van der Waals surface area (Å²) in [6.45, 7) is 7.96. The number of piperidine rings is 1. The van der Waals surface area contributed by atoms with Crippen LogP contribution >= 0.6 is 0 Å². The highest BCUT2D eigenvalue weighted by Gasteiger charge is 2.35. The number of nitrogens with zero attached hydrogens (tertiary/aromatic N) is 1. The van der Waals surface area contributed by atoms with Crippen LogP contribution in [0.4, 0.5) is 9.15 Å². The van der Waals surface area contributed by atoms with Crippen LogP contribution in [0.2, 0.25) is 0 Å². The summed E-state index contributed by atoms with van der Waals surface area (Å²) in [5.41, 5.74) is 0.363. The zero-order valence-corrected chi connectivity index (χ0v) is 9.52. The summed E-state index contributed by atoms with van der Waals surface area (Å²) in [5, 5.41) is 0. The second-order valence-corrected chi connectivity index (χ2v) is 4.51. The van der Waals surface area contributed by atoms with Crippen molar-refractivity contribution in [3.05, 3.63) is 0 Å². The molecule has 0 aromatic carbocycles. The number of ether oxygens (including phenoxy) is 1. The van der Waals surface area contributed by atoms with Gasteiger partial charge in [0.2, 0.25) is 0 Å². The zero-order chi connectivity index (χ0) is 11.2. The first-order chi connectivity index (χ1) is 6.58. The van der Waals surface area contributed by atoms with Gasteiger partial charge in [-0.15, -0.1) is 0 Å². The van der Waals surface area contributed by atoms with Gasteiger partial charge in [-0.1, -0.05) is 13.8 Å². The van der Waals surface area contributed by atoms with Crippen molar-refractivity contribution in [2.75, 3.05) is 33.9 Å². The number of methoxy groups -OCH3 is 1. The van der Waals surface area contributed by atoms with E-state index in [2.05, 4.69) is 25.8 Å². The Bertz CT molecular complexity index is 157. The molecule has 1 saturated heterocycles. The van der Waals surface area contributed by atoms with E-state index in [-0.39, 0.29) is 0 Å². The first-order valence-electron chi connectivity index (χ1n) is 4.90. The van der Waals surface area contributed by atoms with Gasteiger partial charge in [0, 0.05) is 28.2 Å². The van der Waals surface area contributed by atoms with Gasteiger partial charge in [0.1, 0.15) is 0 Å². The Balaban J connectivity index is 0.000000791. The van der Waals surface area contributed by atoms with E-state index >= 15 is 0 Å². The molecule has 86 valence electrons. The van der Waals surface area contributed by atoms with Crippen LogP contribution in [-0.2, 0) is 4.74 Å². The van der Waals surface area contributed by atoms with Gasteiger partial charge in [-0.05, 0) is 25.9 Å². The maximum atomic E-state index is 8.00. The van der Waals surface area contributed by atoms with E-state index in [9.17, 15) is 0 Å². The lowest BCUT2D eigenvalue weighted by Crippen LogP contribution is -2.47. The Morgan fingerprint density at radius 2 is 2.07 bits per heavy atom. The molecule has 4 heteroatoms. The molecule has 1 fully saturated rings. The van der Waals surface area contributed by atoms with Crippen molar-refractivity contribution in [2.45, 2.75) is 20.3 Å². The molecule has 0 aliphatic carbocycles. The molecule has 0 radical (unpaired) electrons. The molecule has 0 spiro atoms. The molecule has 2 nitrogen and oxygen atoms in total. The Labute approximate surface area is 85.1 Å². The summed E-state index contributed by atoms with van der Waals surface area (Å²) in [6.07, 6.45) is 1.30. The Hall–Kier alpha value is -0.220. The third-order valence-electron chi connectivity index (χ3n) is 3.24. The molecule has 0 bridgehead atoms. The fraction of sp³-hybridized carbons (Fsp3) is 1.00. The van der Waals surface area contributed by atoms with Crippen LogP contribution in [0.1, 0.15) is 20.3 Å². The maximum absolute atomic E-state index is 8.00. The summed E-state index contributed by atoms with van der Waals surface area (Å²) in [5.74, 6) is 0.786. The van der Waals surface area contributed by atoms with E-state index in [0.29, 0.717) is 5.41 Å². The largest absolute Gasteiger partial charge is 0.384 e. The Morgan fingerprint density at radius 3 is 2.57 bits per heavy atom. The molecule has 0 amide bonds. The van der Waals surface area contributed by atoms with Gasteiger partial charge >= 0.3 is 0 Å². The van der Waals surface area contributed by atoms with Gasteiger partial charge < -0.3 is 9.64 Å². The molecule has 1 heterocycles. The lowest BCUT2D eigenvalue weighted by molar-refractivity contribution is -0.00559. The minimum atomic E-state index is 0.363. The fourth-order valence-corrected chi connectivity index (χ4v) is 2.13. The quantitative estimate of drug-likeness (QED) is 0.692. The smallest absolute Gasteiger partial charge is 0.0530 e. The van der Waals surface area contributed by atoms with Crippen molar-refractivity contribution in [1.29, 1.82) is 0 Å². The normalized spacial score (nSPS) is 33.4. The molecule has 1 rings (SSSR count). The van der Waals surface area contributed by atoms with Crippen molar-refractivity contribution in [2.24, 2.45) is 11.3 Å². The maximum Gasteiger partial charge on any atom is 0.0530 e. The Morgan fingerprint density at radius 1 is 1.50 bits per heavy atom. The van der Waals surface area contributed by atoms with Crippen LogP contribution < -0.4 is 0 Å². The summed E-state index contributed by atoms with van der Waals surface area (Å²) < 4.78 is 21.3. The number of halogens is 2. The van der Waals surface area contributed by atoms with E-state index in [1.807, 2.05) is 0 Å². The highest BCUT2D eigenvalue weighted by molar-refractivity contribution is 4.87. The van der Waals surface area contributed by atoms with Crippen LogP contribution in [0.3, 0.4) is 0 Å². The van der Waals surface area contributed by atoms with E-state index in [1.54, 1.807) is 7.11 Å². The van der Waals surface area contributed by atoms with Gasteiger partial charge in [0.15, 0.2) is 0 Å². The van der Waals surface area contributed by atoms with E-state index in [1.165, 1.54) is 19.5 Å². The lowest BCUT2D eigenvalue weighted by Gasteiger charge is -2.43. The number of hydrogen-bond donors (Lipinski definition) is 0. The molecule has 1 aliphatic heterocycles. The highest BCUT2D eigenvalue weighted by Crippen LogP contribution is 2.34. The SMILES string of the molecule is COC[C@@]1(C)CN(C)CC[C@H]1C.FF.